The van der Waals surface area contributed by atoms with Crippen LogP contribution in [0.15, 0.2) is 12.2 Å². The molecule has 0 heterocycles. The molecule has 0 aromatic heterocycles. The molecule has 0 saturated heterocycles. The highest BCUT2D eigenvalue weighted by Crippen LogP contribution is 2.14. The molecule has 0 aliphatic rings. The molecule has 0 fully saturated rings. The van der Waals surface area contributed by atoms with E-state index in [9.17, 15) is 0 Å². The van der Waals surface area contributed by atoms with Crippen LogP contribution < -0.4 is 0 Å². The minimum absolute atomic E-state index is 0.295. The Morgan fingerprint density at radius 2 is 1.75 bits per heavy atom. The van der Waals surface area contributed by atoms with Gasteiger partial charge in [-0.05, 0) is 31.6 Å². The van der Waals surface area contributed by atoms with E-state index < -0.39 is 0 Å². The van der Waals surface area contributed by atoms with Gasteiger partial charge in [0.25, 0.3) is 0 Å². The first-order valence-electron chi connectivity index (χ1n) is 4.87. The van der Waals surface area contributed by atoms with Crippen molar-refractivity contribution in [2.75, 3.05) is 0 Å². The van der Waals surface area contributed by atoms with Crippen molar-refractivity contribution in [2.45, 2.75) is 46.6 Å². The van der Waals surface area contributed by atoms with Gasteiger partial charge >= 0.3 is 0 Å². The zero-order chi connectivity index (χ0) is 9.56. The average molecular weight is 170 g/mol. The summed E-state index contributed by atoms with van der Waals surface area (Å²) in [4.78, 5) is 0. The van der Waals surface area contributed by atoms with Crippen LogP contribution in [0.4, 0.5) is 0 Å². The summed E-state index contributed by atoms with van der Waals surface area (Å²) in [6.07, 6.45) is 6.00. The van der Waals surface area contributed by atoms with Crippen LogP contribution in [0.3, 0.4) is 0 Å². The van der Waals surface area contributed by atoms with Gasteiger partial charge in [0.15, 0.2) is 0 Å². The van der Waals surface area contributed by atoms with Crippen molar-refractivity contribution >= 4 is 0 Å². The van der Waals surface area contributed by atoms with E-state index in [2.05, 4.69) is 26.8 Å². The maximum Gasteiger partial charge on any atom is 0.0692 e. The first-order chi connectivity index (χ1) is 5.52. The predicted molar refractivity (Wildman–Crippen MR) is 54.1 cm³/mol. The second-order valence-corrected chi connectivity index (χ2v) is 4.14. The molecule has 1 nitrogen and oxygen atoms in total. The largest absolute Gasteiger partial charge is 0.389 e. The molecule has 0 bridgehead atoms. The van der Waals surface area contributed by atoms with E-state index >= 15 is 0 Å². The highest BCUT2D eigenvalue weighted by atomic mass is 16.3. The molecule has 0 saturated carbocycles. The normalized spacial score (nSPS) is 17.2. The number of hydrogen-bond donors (Lipinski definition) is 1. The van der Waals surface area contributed by atoms with Crippen LogP contribution in [0.25, 0.3) is 0 Å². The van der Waals surface area contributed by atoms with Crippen molar-refractivity contribution in [3.63, 3.8) is 0 Å². The molecule has 1 N–H and O–H groups in total. The lowest BCUT2D eigenvalue weighted by Gasteiger charge is -2.10. The number of aliphatic hydroxyl groups excluding tert-OH is 1. The molecule has 0 amide bonds. The predicted octanol–water partition coefficient (Wildman–Crippen LogP) is 3.00. The Balaban J connectivity index is 3.49. The Labute approximate surface area is 76.5 Å². The van der Waals surface area contributed by atoms with Crippen LogP contribution in [0.5, 0.6) is 0 Å². The summed E-state index contributed by atoms with van der Waals surface area (Å²) in [5.41, 5.74) is 0. The molecule has 0 spiro atoms. The van der Waals surface area contributed by atoms with Crippen molar-refractivity contribution in [2.24, 2.45) is 11.8 Å². The lowest BCUT2D eigenvalue weighted by Crippen LogP contribution is -1.99. The Hall–Kier alpha value is -0.300. The Morgan fingerprint density at radius 3 is 2.17 bits per heavy atom. The summed E-state index contributed by atoms with van der Waals surface area (Å²) in [5, 5.41) is 8.96. The van der Waals surface area contributed by atoms with E-state index in [0.29, 0.717) is 0 Å². The fraction of sp³-hybridized carbons (Fsp3) is 0.818. The zero-order valence-electron chi connectivity index (χ0n) is 8.75. The second-order valence-electron chi connectivity index (χ2n) is 4.14. The fourth-order valence-electron chi connectivity index (χ4n) is 1.41. The van der Waals surface area contributed by atoms with Gasteiger partial charge in [0, 0.05) is 0 Å². The number of aliphatic hydroxyl groups is 1. The molecule has 2 atom stereocenters. The van der Waals surface area contributed by atoms with Crippen LogP contribution in [-0.2, 0) is 0 Å². The molecular weight excluding hydrogens is 148 g/mol. The van der Waals surface area contributed by atoms with Crippen LogP contribution in [0.2, 0.25) is 0 Å². The van der Waals surface area contributed by atoms with E-state index in [0.717, 1.165) is 18.3 Å². The first-order valence-corrected chi connectivity index (χ1v) is 4.87. The first kappa shape index (κ1) is 11.7. The summed E-state index contributed by atoms with van der Waals surface area (Å²) < 4.78 is 0. The quantitative estimate of drug-likeness (QED) is 0.629. The summed E-state index contributed by atoms with van der Waals surface area (Å²) in [6, 6.07) is 0. The lowest BCUT2D eigenvalue weighted by molar-refractivity contribution is 0.243. The molecule has 1 heteroatoms. The van der Waals surface area contributed by atoms with Gasteiger partial charge in [-0.15, -0.1) is 0 Å². The van der Waals surface area contributed by atoms with Crippen molar-refractivity contribution in [1.29, 1.82) is 0 Å². The van der Waals surface area contributed by atoms with Crippen molar-refractivity contribution < 1.29 is 5.11 Å². The summed E-state index contributed by atoms with van der Waals surface area (Å²) in [7, 11) is 0. The van der Waals surface area contributed by atoms with Crippen LogP contribution >= 0.6 is 0 Å². The third-order valence-electron chi connectivity index (χ3n) is 1.83. The topological polar surface area (TPSA) is 20.2 Å². The Morgan fingerprint density at radius 1 is 1.17 bits per heavy atom. The van der Waals surface area contributed by atoms with Gasteiger partial charge in [0.1, 0.15) is 0 Å². The van der Waals surface area contributed by atoms with E-state index in [1.165, 1.54) is 6.42 Å². The van der Waals surface area contributed by atoms with Crippen LogP contribution in [0.1, 0.15) is 40.5 Å². The monoisotopic (exact) mass is 170 g/mol. The van der Waals surface area contributed by atoms with Crippen molar-refractivity contribution in [3.05, 3.63) is 12.2 Å². The fourth-order valence-corrected chi connectivity index (χ4v) is 1.41. The molecule has 0 rings (SSSR count). The summed E-state index contributed by atoms with van der Waals surface area (Å²) in [6.45, 7) is 8.53. The minimum Gasteiger partial charge on any atom is -0.389 e. The van der Waals surface area contributed by atoms with Gasteiger partial charge in [-0.1, -0.05) is 32.9 Å². The van der Waals surface area contributed by atoms with Gasteiger partial charge < -0.3 is 5.11 Å². The van der Waals surface area contributed by atoms with E-state index in [4.69, 9.17) is 5.11 Å². The second kappa shape index (κ2) is 6.24. The molecule has 0 aliphatic heterocycles. The minimum atomic E-state index is -0.295. The number of allylic oxidation sites excluding steroid dienone is 1. The maximum atomic E-state index is 8.96. The lowest BCUT2D eigenvalue weighted by atomic mass is 9.96. The van der Waals surface area contributed by atoms with Crippen LogP contribution in [0, 0.1) is 11.8 Å². The Kier molecular flexibility index (Phi) is 6.09. The van der Waals surface area contributed by atoms with Crippen molar-refractivity contribution in [3.8, 4) is 0 Å². The van der Waals surface area contributed by atoms with Gasteiger partial charge in [0.2, 0.25) is 0 Å². The molecule has 0 radical (unpaired) electrons. The van der Waals surface area contributed by atoms with E-state index in [-0.39, 0.29) is 6.10 Å². The standard InChI is InChI=1S/C11H22O/c1-9(2)8-10(3)6-5-7-11(4)12/h5,7,9-12H,6,8H2,1-4H3/b7-5+. The van der Waals surface area contributed by atoms with E-state index in [1.807, 2.05) is 6.08 Å². The van der Waals surface area contributed by atoms with E-state index in [1.54, 1.807) is 6.92 Å². The molecular formula is C11H22O. The Bertz CT molecular complexity index is 125. The van der Waals surface area contributed by atoms with Gasteiger partial charge in [0.05, 0.1) is 6.10 Å². The smallest absolute Gasteiger partial charge is 0.0692 e. The third-order valence-corrected chi connectivity index (χ3v) is 1.83. The zero-order valence-corrected chi connectivity index (χ0v) is 8.75. The average Bonchev–Trinajstić information content (AvgIpc) is 1.84. The summed E-state index contributed by atoms with van der Waals surface area (Å²) in [5.74, 6) is 1.51. The molecule has 2 unspecified atom stereocenters. The highest BCUT2D eigenvalue weighted by Gasteiger charge is 2.02. The molecule has 0 aromatic rings. The number of hydrogen-bond acceptors (Lipinski definition) is 1. The molecule has 72 valence electrons. The van der Waals surface area contributed by atoms with Gasteiger partial charge in [-0.3, -0.25) is 0 Å². The summed E-state index contributed by atoms with van der Waals surface area (Å²) >= 11 is 0. The van der Waals surface area contributed by atoms with Crippen LogP contribution in [-0.4, -0.2) is 11.2 Å². The highest BCUT2D eigenvalue weighted by molar-refractivity contribution is 4.87. The number of rotatable bonds is 5. The SMILES string of the molecule is CC(O)/C=C/CC(C)CC(C)C. The third kappa shape index (κ3) is 7.80. The van der Waals surface area contributed by atoms with Crippen molar-refractivity contribution in [1.82, 2.24) is 0 Å². The molecule has 0 aliphatic carbocycles. The molecule has 0 aromatic carbocycles. The molecule has 12 heavy (non-hydrogen) atoms. The maximum absolute atomic E-state index is 8.96. The van der Waals surface area contributed by atoms with Gasteiger partial charge in [-0.2, -0.15) is 0 Å². The van der Waals surface area contributed by atoms with Gasteiger partial charge in [-0.25, -0.2) is 0 Å².